The van der Waals surface area contributed by atoms with E-state index < -0.39 is 0 Å². The van der Waals surface area contributed by atoms with E-state index >= 15 is 0 Å². The number of primary amides is 1. The van der Waals surface area contributed by atoms with Crippen LogP contribution in [0.3, 0.4) is 0 Å². The van der Waals surface area contributed by atoms with Gasteiger partial charge in [-0.2, -0.15) is 0 Å². The lowest BCUT2D eigenvalue weighted by Gasteiger charge is -2.16. The number of anilines is 1. The summed E-state index contributed by atoms with van der Waals surface area (Å²) in [5, 5.41) is 0. The maximum absolute atomic E-state index is 12.1. The first-order valence-corrected chi connectivity index (χ1v) is 5.98. The predicted octanol–water partition coefficient (Wildman–Crippen LogP) is 0.145. The third-order valence-electron chi connectivity index (χ3n) is 3.34. The van der Waals surface area contributed by atoms with Crippen LogP contribution in [0.2, 0.25) is 0 Å². The molecule has 1 aromatic rings. The molecule has 5 heteroatoms. The molecule has 2 rings (SSSR count). The van der Waals surface area contributed by atoms with Gasteiger partial charge in [0.25, 0.3) is 0 Å². The minimum absolute atomic E-state index is 0.00310. The fraction of sp³-hybridized carbons (Fsp3) is 0.385. The molecule has 0 saturated carbocycles. The molecular formula is C13H17N3O2. The molecule has 1 atom stereocenters. The van der Waals surface area contributed by atoms with Crippen LogP contribution >= 0.6 is 0 Å². The number of nitrogens with two attached hydrogens (primary N) is 2. The Hall–Kier alpha value is -2.04. The highest BCUT2D eigenvalue weighted by Gasteiger charge is 2.29. The van der Waals surface area contributed by atoms with Crippen LogP contribution in [-0.4, -0.2) is 29.8 Å². The van der Waals surface area contributed by atoms with Crippen molar-refractivity contribution >= 4 is 17.5 Å². The number of likely N-dealkylation sites (tertiary alicyclic amines) is 1. The number of carbonyl (C=O) groups excluding carboxylic acids is 2. The zero-order valence-electron chi connectivity index (χ0n) is 10.1. The van der Waals surface area contributed by atoms with E-state index in [9.17, 15) is 9.59 Å². The van der Waals surface area contributed by atoms with Crippen molar-refractivity contribution in [1.29, 1.82) is 0 Å². The van der Waals surface area contributed by atoms with Crippen LogP contribution in [0.1, 0.15) is 12.0 Å². The molecule has 1 heterocycles. The van der Waals surface area contributed by atoms with Crippen LogP contribution in [0, 0.1) is 5.92 Å². The van der Waals surface area contributed by atoms with Gasteiger partial charge >= 0.3 is 0 Å². The van der Waals surface area contributed by atoms with Gasteiger partial charge in [0.1, 0.15) is 0 Å². The van der Waals surface area contributed by atoms with Crippen molar-refractivity contribution in [2.45, 2.75) is 12.8 Å². The zero-order chi connectivity index (χ0) is 13.1. The van der Waals surface area contributed by atoms with Crippen molar-refractivity contribution in [3.8, 4) is 0 Å². The Kier molecular flexibility index (Phi) is 3.50. The topological polar surface area (TPSA) is 89.4 Å². The second-order valence-electron chi connectivity index (χ2n) is 4.60. The van der Waals surface area contributed by atoms with Crippen LogP contribution in [0.25, 0.3) is 0 Å². The van der Waals surface area contributed by atoms with Gasteiger partial charge in [0.2, 0.25) is 11.8 Å². The number of para-hydroxylation sites is 1. The van der Waals surface area contributed by atoms with Gasteiger partial charge in [-0.15, -0.1) is 0 Å². The largest absolute Gasteiger partial charge is 0.398 e. The Morgan fingerprint density at radius 2 is 2.06 bits per heavy atom. The smallest absolute Gasteiger partial charge is 0.227 e. The Labute approximate surface area is 106 Å². The molecule has 0 radical (unpaired) electrons. The first-order valence-electron chi connectivity index (χ1n) is 5.98. The van der Waals surface area contributed by atoms with E-state index in [1.54, 1.807) is 11.0 Å². The molecule has 1 aromatic carbocycles. The van der Waals surface area contributed by atoms with E-state index in [4.69, 9.17) is 11.5 Å². The average Bonchev–Trinajstić information content (AvgIpc) is 2.81. The SMILES string of the molecule is NC(=O)C1CCN(C(=O)Cc2ccccc2N)C1. The van der Waals surface area contributed by atoms with Gasteiger partial charge in [0.05, 0.1) is 12.3 Å². The summed E-state index contributed by atoms with van der Waals surface area (Å²) in [7, 11) is 0. The second kappa shape index (κ2) is 5.08. The standard InChI is InChI=1S/C13H17N3O2/c14-11-4-2-1-3-9(11)7-12(17)16-6-5-10(8-16)13(15)18/h1-4,10H,5-8,14H2,(H2,15,18). The van der Waals surface area contributed by atoms with E-state index in [2.05, 4.69) is 0 Å². The van der Waals surface area contributed by atoms with Crippen LogP contribution in [0.5, 0.6) is 0 Å². The molecule has 1 aliphatic heterocycles. The Bertz CT molecular complexity index is 473. The van der Waals surface area contributed by atoms with Gasteiger partial charge in [-0.3, -0.25) is 9.59 Å². The van der Waals surface area contributed by atoms with Gasteiger partial charge < -0.3 is 16.4 Å². The summed E-state index contributed by atoms with van der Waals surface area (Å²) in [5.74, 6) is -0.539. The number of hydrogen-bond donors (Lipinski definition) is 2. The maximum Gasteiger partial charge on any atom is 0.227 e. The van der Waals surface area contributed by atoms with Gasteiger partial charge in [0.15, 0.2) is 0 Å². The summed E-state index contributed by atoms with van der Waals surface area (Å²) < 4.78 is 0. The first kappa shape index (κ1) is 12.4. The monoisotopic (exact) mass is 247 g/mol. The molecule has 1 unspecified atom stereocenters. The highest BCUT2D eigenvalue weighted by Crippen LogP contribution is 2.18. The fourth-order valence-electron chi connectivity index (χ4n) is 2.19. The van der Waals surface area contributed by atoms with E-state index in [0.29, 0.717) is 25.2 Å². The lowest BCUT2D eigenvalue weighted by Crippen LogP contribution is -2.32. The number of carbonyl (C=O) groups is 2. The summed E-state index contributed by atoms with van der Waals surface area (Å²) in [6, 6.07) is 7.31. The van der Waals surface area contributed by atoms with Crippen LogP contribution < -0.4 is 11.5 Å². The van der Waals surface area contributed by atoms with E-state index in [1.807, 2.05) is 18.2 Å². The van der Waals surface area contributed by atoms with Crippen molar-refractivity contribution in [2.75, 3.05) is 18.8 Å². The number of rotatable bonds is 3. The first-order chi connectivity index (χ1) is 8.58. The Morgan fingerprint density at radius 1 is 1.33 bits per heavy atom. The van der Waals surface area contributed by atoms with Gasteiger partial charge in [-0.05, 0) is 18.1 Å². The number of amides is 2. The maximum atomic E-state index is 12.1. The van der Waals surface area contributed by atoms with Crippen LogP contribution in [0.15, 0.2) is 24.3 Å². The van der Waals surface area contributed by atoms with E-state index in [1.165, 1.54) is 0 Å². The predicted molar refractivity (Wildman–Crippen MR) is 68.4 cm³/mol. The Balaban J connectivity index is 1.98. The molecule has 96 valence electrons. The average molecular weight is 247 g/mol. The fourth-order valence-corrected chi connectivity index (χ4v) is 2.19. The molecule has 2 amide bonds. The van der Waals surface area contributed by atoms with Crippen LogP contribution in [0.4, 0.5) is 5.69 Å². The molecular weight excluding hydrogens is 230 g/mol. The number of nitrogens with zero attached hydrogens (tertiary/aromatic N) is 1. The summed E-state index contributed by atoms with van der Waals surface area (Å²) in [6.07, 6.45) is 0.934. The van der Waals surface area contributed by atoms with Crippen molar-refractivity contribution in [1.82, 2.24) is 4.90 Å². The van der Waals surface area contributed by atoms with Gasteiger partial charge in [-0.25, -0.2) is 0 Å². The van der Waals surface area contributed by atoms with Crippen molar-refractivity contribution in [2.24, 2.45) is 11.7 Å². The van der Waals surface area contributed by atoms with Crippen molar-refractivity contribution in [3.05, 3.63) is 29.8 Å². The van der Waals surface area contributed by atoms with E-state index in [0.717, 1.165) is 5.56 Å². The lowest BCUT2D eigenvalue weighted by molar-refractivity contribution is -0.129. The van der Waals surface area contributed by atoms with Crippen molar-refractivity contribution in [3.63, 3.8) is 0 Å². The zero-order valence-corrected chi connectivity index (χ0v) is 10.1. The third kappa shape index (κ3) is 2.61. The van der Waals surface area contributed by atoms with Crippen LogP contribution in [-0.2, 0) is 16.0 Å². The number of hydrogen-bond acceptors (Lipinski definition) is 3. The lowest BCUT2D eigenvalue weighted by atomic mass is 10.1. The molecule has 0 aromatic heterocycles. The molecule has 0 spiro atoms. The molecule has 1 saturated heterocycles. The highest BCUT2D eigenvalue weighted by atomic mass is 16.2. The summed E-state index contributed by atoms with van der Waals surface area (Å²) >= 11 is 0. The molecule has 0 bridgehead atoms. The third-order valence-corrected chi connectivity index (χ3v) is 3.34. The van der Waals surface area contributed by atoms with Gasteiger partial charge in [-0.1, -0.05) is 18.2 Å². The van der Waals surface area contributed by atoms with Gasteiger partial charge in [0, 0.05) is 18.8 Å². The molecule has 1 fully saturated rings. The number of nitrogen functional groups attached to an aromatic ring is 1. The minimum Gasteiger partial charge on any atom is -0.398 e. The summed E-state index contributed by atoms with van der Waals surface area (Å²) in [6.45, 7) is 1.03. The minimum atomic E-state index is -0.329. The molecule has 4 N–H and O–H groups in total. The van der Waals surface area contributed by atoms with E-state index in [-0.39, 0.29) is 24.2 Å². The molecule has 1 aliphatic rings. The molecule has 5 nitrogen and oxygen atoms in total. The summed E-state index contributed by atoms with van der Waals surface area (Å²) in [4.78, 5) is 24.8. The molecule has 18 heavy (non-hydrogen) atoms. The Morgan fingerprint density at radius 3 is 2.67 bits per heavy atom. The highest BCUT2D eigenvalue weighted by molar-refractivity contribution is 5.83. The summed E-state index contributed by atoms with van der Waals surface area (Å²) in [5.41, 5.74) is 12.5. The number of benzene rings is 1. The normalized spacial score (nSPS) is 18.9. The quantitative estimate of drug-likeness (QED) is 0.745. The van der Waals surface area contributed by atoms with Crippen molar-refractivity contribution < 1.29 is 9.59 Å². The molecule has 0 aliphatic carbocycles. The second-order valence-corrected chi connectivity index (χ2v) is 4.60.